The second kappa shape index (κ2) is 13.2. The number of hydrogen-bond donors (Lipinski definition) is 1. The first-order valence-electron chi connectivity index (χ1n) is 11.7. The summed E-state index contributed by atoms with van der Waals surface area (Å²) >= 11 is 1.42. The molecule has 0 heterocycles. The van der Waals surface area contributed by atoms with E-state index in [-0.39, 0.29) is 17.6 Å². The van der Waals surface area contributed by atoms with Crippen molar-refractivity contribution in [2.45, 2.75) is 55.9 Å². The van der Waals surface area contributed by atoms with Gasteiger partial charge in [-0.2, -0.15) is 0 Å². The Hall–Kier alpha value is -2.54. The number of hydrogen-bond acceptors (Lipinski definition) is 4. The van der Waals surface area contributed by atoms with Gasteiger partial charge in [0, 0.05) is 24.5 Å². The van der Waals surface area contributed by atoms with Crippen molar-refractivity contribution in [1.82, 2.24) is 10.2 Å². The van der Waals surface area contributed by atoms with Gasteiger partial charge in [0.25, 0.3) is 5.91 Å². The third-order valence-corrected chi connectivity index (χ3v) is 7.00. The Labute approximate surface area is 200 Å². The molecule has 0 saturated heterocycles. The van der Waals surface area contributed by atoms with Crippen LogP contribution < -0.4 is 10.1 Å². The summed E-state index contributed by atoms with van der Waals surface area (Å²) in [5.41, 5.74) is 0.596. The molecule has 0 aliphatic heterocycles. The molecule has 1 aliphatic rings. The number of thioether (sulfide) groups is 1. The second-order valence-corrected chi connectivity index (χ2v) is 9.36. The molecule has 1 fully saturated rings. The van der Waals surface area contributed by atoms with Crippen molar-refractivity contribution >= 4 is 23.6 Å². The molecular weight excluding hydrogens is 439 g/mol. The lowest BCUT2D eigenvalue weighted by molar-refractivity contribution is -0.129. The highest BCUT2D eigenvalue weighted by Crippen LogP contribution is 2.25. The molecule has 2 amide bonds. The van der Waals surface area contributed by atoms with Crippen molar-refractivity contribution < 1.29 is 18.7 Å². The maximum Gasteiger partial charge on any atom is 0.252 e. The van der Waals surface area contributed by atoms with Crippen LogP contribution in [0.3, 0.4) is 0 Å². The van der Waals surface area contributed by atoms with Crippen LogP contribution in [0.5, 0.6) is 5.75 Å². The highest BCUT2D eigenvalue weighted by molar-refractivity contribution is 8.00. The first-order chi connectivity index (χ1) is 16.0. The highest BCUT2D eigenvalue weighted by atomic mass is 32.2. The van der Waals surface area contributed by atoms with Crippen LogP contribution in [0.15, 0.2) is 53.4 Å². The third kappa shape index (κ3) is 8.07. The molecule has 0 spiro atoms. The summed E-state index contributed by atoms with van der Waals surface area (Å²) in [6.07, 6.45) is 7.36. The predicted octanol–water partition coefficient (Wildman–Crippen LogP) is 5.30. The van der Waals surface area contributed by atoms with E-state index in [4.69, 9.17) is 4.74 Å². The normalized spacial score (nSPS) is 14.0. The average molecular weight is 473 g/mol. The van der Waals surface area contributed by atoms with E-state index in [2.05, 4.69) is 5.32 Å². The number of carbonyl (C=O) groups is 2. The lowest BCUT2D eigenvalue weighted by Gasteiger charge is -2.31. The SMILES string of the molecule is CN(C(=O)CSc1ccccc1C(=O)NCCCCOc1ccc(F)cc1)C1CCCCC1. The standard InChI is InChI=1S/C26H33FN2O3S/c1-29(21-9-3-2-4-10-21)25(30)19-33-24-12-6-5-11-23(24)26(31)28-17-7-8-18-32-22-15-13-20(27)14-16-22/h5-6,11-16,21H,2-4,7-10,17-19H2,1H3,(H,28,31). The predicted molar refractivity (Wildman–Crippen MR) is 130 cm³/mol. The van der Waals surface area contributed by atoms with Gasteiger partial charge < -0.3 is 15.0 Å². The number of nitrogens with zero attached hydrogens (tertiary/aromatic N) is 1. The van der Waals surface area contributed by atoms with Crippen LogP contribution >= 0.6 is 11.8 Å². The fourth-order valence-electron chi connectivity index (χ4n) is 3.94. The summed E-state index contributed by atoms with van der Waals surface area (Å²) in [5, 5.41) is 2.95. The van der Waals surface area contributed by atoms with Gasteiger partial charge in [0.05, 0.1) is 17.9 Å². The minimum atomic E-state index is -0.288. The molecule has 0 radical (unpaired) electrons. The van der Waals surface area contributed by atoms with Crippen LogP contribution in [0.1, 0.15) is 55.3 Å². The quantitative estimate of drug-likeness (QED) is 0.356. The average Bonchev–Trinajstić information content (AvgIpc) is 2.85. The molecule has 33 heavy (non-hydrogen) atoms. The van der Waals surface area contributed by atoms with Gasteiger partial charge in [0.15, 0.2) is 0 Å². The molecule has 1 saturated carbocycles. The third-order valence-electron chi connectivity index (χ3n) is 5.94. The van der Waals surface area contributed by atoms with Gasteiger partial charge in [0.1, 0.15) is 11.6 Å². The summed E-state index contributed by atoms with van der Waals surface area (Å²) in [4.78, 5) is 28.1. The molecule has 1 aliphatic carbocycles. The highest BCUT2D eigenvalue weighted by Gasteiger charge is 2.22. The molecule has 1 N–H and O–H groups in total. The summed E-state index contributed by atoms with van der Waals surface area (Å²) in [6.45, 7) is 1.04. The molecular formula is C26H33FN2O3S. The number of ether oxygens (including phenoxy) is 1. The van der Waals surface area contributed by atoms with Crippen LogP contribution in [-0.2, 0) is 4.79 Å². The fraction of sp³-hybridized carbons (Fsp3) is 0.462. The molecule has 0 aromatic heterocycles. The molecule has 2 aromatic carbocycles. The van der Waals surface area contributed by atoms with Crippen molar-refractivity contribution in [2.75, 3.05) is 26.0 Å². The smallest absolute Gasteiger partial charge is 0.252 e. The molecule has 0 bridgehead atoms. The number of benzene rings is 2. The topological polar surface area (TPSA) is 58.6 Å². The lowest BCUT2D eigenvalue weighted by atomic mass is 9.94. The number of amides is 2. The van der Waals surface area contributed by atoms with E-state index in [0.717, 1.165) is 30.6 Å². The van der Waals surface area contributed by atoms with E-state index in [1.54, 1.807) is 18.2 Å². The zero-order valence-corrected chi connectivity index (χ0v) is 20.0. The molecule has 2 aromatic rings. The maximum atomic E-state index is 12.9. The van der Waals surface area contributed by atoms with Crippen LogP contribution in [0.25, 0.3) is 0 Å². The van der Waals surface area contributed by atoms with E-state index in [1.165, 1.54) is 43.2 Å². The minimum absolute atomic E-state index is 0.114. The van der Waals surface area contributed by atoms with Gasteiger partial charge in [-0.05, 0) is 62.1 Å². The van der Waals surface area contributed by atoms with E-state index in [1.807, 2.05) is 30.1 Å². The molecule has 7 heteroatoms. The summed E-state index contributed by atoms with van der Waals surface area (Å²) < 4.78 is 18.5. The Bertz CT molecular complexity index is 901. The zero-order valence-electron chi connectivity index (χ0n) is 19.2. The largest absolute Gasteiger partial charge is 0.494 e. The van der Waals surface area contributed by atoms with Gasteiger partial charge in [-0.1, -0.05) is 31.4 Å². The van der Waals surface area contributed by atoms with Crippen molar-refractivity contribution in [1.29, 1.82) is 0 Å². The fourth-order valence-corrected chi connectivity index (χ4v) is 4.91. The second-order valence-electron chi connectivity index (χ2n) is 8.35. The Balaban J connectivity index is 1.39. The van der Waals surface area contributed by atoms with Gasteiger partial charge >= 0.3 is 0 Å². The van der Waals surface area contributed by atoms with Crippen molar-refractivity contribution in [3.8, 4) is 5.75 Å². The number of halogens is 1. The molecule has 0 unspecified atom stereocenters. The number of rotatable bonds is 11. The van der Waals surface area contributed by atoms with Crippen LogP contribution in [-0.4, -0.2) is 48.7 Å². The van der Waals surface area contributed by atoms with Gasteiger partial charge in [-0.3, -0.25) is 9.59 Å². The Morgan fingerprint density at radius 2 is 1.79 bits per heavy atom. The van der Waals surface area contributed by atoms with E-state index >= 15 is 0 Å². The minimum Gasteiger partial charge on any atom is -0.494 e. The Morgan fingerprint density at radius 1 is 1.06 bits per heavy atom. The number of carbonyl (C=O) groups excluding carboxylic acids is 2. The maximum absolute atomic E-state index is 12.9. The number of nitrogens with one attached hydrogen (secondary N) is 1. The van der Waals surface area contributed by atoms with Gasteiger partial charge in [-0.15, -0.1) is 11.8 Å². The first kappa shape index (κ1) is 25.1. The van der Waals surface area contributed by atoms with Crippen LogP contribution in [0, 0.1) is 5.82 Å². The van der Waals surface area contributed by atoms with Crippen LogP contribution in [0.4, 0.5) is 4.39 Å². The van der Waals surface area contributed by atoms with Gasteiger partial charge in [0.2, 0.25) is 5.91 Å². The summed E-state index contributed by atoms with van der Waals surface area (Å²) in [6, 6.07) is 13.7. The Kier molecular flexibility index (Phi) is 10.1. The van der Waals surface area contributed by atoms with E-state index in [9.17, 15) is 14.0 Å². The molecule has 0 atom stereocenters. The van der Waals surface area contributed by atoms with E-state index < -0.39 is 0 Å². The van der Waals surface area contributed by atoms with E-state index in [0.29, 0.717) is 36.3 Å². The van der Waals surface area contributed by atoms with Crippen LogP contribution in [0.2, 0.25) is 0 Å². The van der Waals surface area contributed by atoms with Crippen molar-refractivity contribution in [2.24, 2.45) is 0 Å². The van der Waals surface area contributed by atoms with Gasteiger partial charge in [-0.25, -0.2) is 4.39 Å². The summed E-state index contributed by atoms with van der Waals surface area (Å²) in [7, 11) is 1.90. The Morgan fingerprint density at radius 3 is 2.55 bits per heavy atom. The molecule has 3 rings (SSSR count). The van der Waals surface area contributed by atoms with Crippen molar-refractivity contribution in [3.63, 3.8) is 0 Å². The molecule has 5 nitrogen and oxygen atoms in total. The van der Waals surface area contributed by atoms with Crippen molar-refractivity contribution in [3.05, 3.63) is 59.9 Å². The summed E-state index contributed by atoms with van der Waals surface area (Å²) in [5.74, 6) is 0.658. The zero-order chi connectivity index (χ0) is 23.5. The number of unbranched alkanes of at least 4 members (excludes halogenated alkanes) is 1. The monoisotopic (exact) mass is 472 g/mol. The molecule has 178 valence electrons. The first-order valence-corrected chi connectivity index (χ1v) is 12.7. The lowest BCUT2D eigenvalue weighted by Crippen LogP contribution is -2.39.